The Morgan fingerprint density at radius 3 is 2.29 bits per heavy atom. The predicted octanol–water partition coefficient (Wildman–Crippen LogP) is -0.780. The van der Waals surface area contributed by atoms with Crippen molar-refractivity contribution in [1.82, 2.24) is 5.43 Å². The van der Waals surface area contributed by atoms with E-state index in [0.717, 1.165) is 0 Å². The van der Waals surface area contributed by atoms with E-state index in [1.54, 1.807) is 5.43 Å². The topological polar surface area (TPSA) is 91.3 Å². The standard InChI is InChI=1S/CH4N4O.Na/c2-4-1(6)5-3;/h2H,3H2,(H,5,6);. The molecule has 0 fully saturated rings. The number of hydrazine groups is 1. The summed E-state index contributed by atoms with van der Waals surface area (Å²) in [7, 11) is 0. The molecule has 0 atom stereocenters. The Kier molecular flexibility index (Phi) is 8.70. The molecule has 0 aromatic carbocycles. The summed E-state index contributed by atoms with van der Waals surface area (Å²) in [4.78, 5) is 9.59. The summed E-state index contributed by atoms with van der Waals surface area (Å²) in [6.45, 7) is 0. The molecular formula is CH4N4NaO. The Balaban J connectivity index is 0. The Morgan fingerprint density at radius 2 is 2.29 bits per heavy atom. The zero-order valence-electron chi connectivity index (χ0n) is 3.93. The molecule has 35 valence electrons. The maximum Gasteiger partial charge on any atom is 0.373 e. The van der Waals surface area contributed by atoms with Crippen molar-refractivity contribution < 1.29 is 4.79 Å². The molecule has 0 aliphatic heterocycles. The first-order chi connectivity index (χ1) is 2.81. The molecule has 0 rings (SSSR count). The van der Waals surface area contributed by atoms with Gasteiger partial charge < -0.3 is 0 Å². The van der Waals surface area contributed by atoms with E-state index in [2.05, 4.69) is 11.0 Å². The van der Waals surface area contributed by atoms with Gasteiger partial charge in [-0.05, 0) is 0 Å². The van der Waals surface area contributed by atoms with Crippen LogP contribution in [-0.2, 0) is 0 Å². The molecule has 4 N–H and O–H groups in total. The maximum absolute atomic E-state index is 9.59. The second-order valence-corrected chi connectivity index (χ2v) is 0.561. The van der Waals surface area contributed by atoms with Crippen LogP contribution >= 0.6 is 0 Å². The van der Waals surface area contributed by atoms with Gasteiger partial charge in [-0.3, -0.25) is 5.43 Å². The average molecular weight is 111 g/mol. The molecule has 0 bridgehead atoms. The van der Waals surface area contributed by atoms with Crippen LogP contribution in [0.2, 0.25) is 0 Å². The second-order valence-electron chi connectivity index (χ2n) is 0.561. The minimum Gasteiger partial charge on any atom is -0.273 e. The van der Waals surface area contributed by atoms with Gasteiger partial charge in [0, 0.05) is 29.6 Å². The number of nitrogens with two attached hydrogens (primary N) is 1. The number of nitrogens with zero attached hydrogens (tertiary/aromatic N) is 1. The molecule has 0 aromatic heterocycles. The Hall–Kier alpha value is 0.0300. The van der Waals surface area contributed by atoms with Gasteiger partial charge in [-0.2, -0.15) is 5.53 Å². The van der Waals surface area contributed by atoms with Crippen molar-refractivity contribution in [2.75, 3.05) is 0 Å². The van der Waals surface area contributed by atoms with E-state index >= 15 is 0 Å². The van der Waals surface area contributed by atoms with Crippen LogP contribution in [0.15, 0.2) is 5.11 Å². The van der Waals surface area contributed by atoms with E-state index in [9.17, 15) is 4.79 Å². The molecule has 0 aromatic rings. The van der Waals surface area contributed by atoms with Gasteiger partial charge in [0.25, 0.3) is 0 Å². The van der Waals surface area contributed by atoms with Crippen LogP contribution in [0.25, 0.3) is 0 Å². The summed E-state index contributed by atoms with van der Waals surface area (Å²) in [5.41, 5.74) is 7.56. The molecule has 1 radical (unpaired) electrons. The summed E-state index contributed by atoms with van der Waals surface area (Å²) in [5.74, 6) is 4.47. The average Bonchev–Trinajstić information content (AvgIpc) is 1.65. The minimum atomic E-state index is -0.838. The van der Waals surface area contributed by atoms with Crippen molar-refractivity contribution >= 4 is 35.6 Å². The summed E-state index contributed by atoms with van der Waals surface area (Å²) in [6.07, 6.45) is 0. The van der Waals surface area contributed by atoms with Crippen LogP contribution in [0.1, 0.15) is 0 Å². The van der Waals surface area contributed by atoms with Crippen LogP contribution in [0.3, 0.4) is 0 Å². The first-order valence-electron chi connectivity index (χ1n) is 1.19. The molecule has 0 aliphatic carbocycles. The summed E-state index contributed by atoms with van der Waals surface area (Å²) in [5, 5.41) is 2.38. The smallest absolute Gasteiger partial charge is 0.273 e. The number of hydrogen-bond acceptors (Lipinski definition) is 3. The molecular weight excluding hydrogens is 107 g/mol. The van der Waals surface area contributed by atoms with Crippen LogP contribution in [0.5, 0.6) is 0 Å². The van der Waals surface area contributed by atoms with Gasteiger partial charge >= 0.3 is 6.03 Å². The Morgan fingerprint density at radius 1 is 1.86 bits per heavy atom. The SMILES string of the molecule is N=NC(=O)NN.[Na]. The largest absolute Gasteiger partial charge is 0.373 e. The Bertz CT molecular complexity index is 72.1. The van der Waals surface area contributed by atoms with E-state index in [1.165, 1.54) is 0 Å². The monoisotopic (exact) mass is 111 g/mol. The van der Waals surface area contributed by atoms with Crippen LogP contribution in [0, 0.1) is 5.53 Å². The number of carbonyl (C=O) groups excluding carboxylic acids is 1. The normalized spacial score (nSPS) is 5.86. The number of rotatable bonds is 0. The quantitative estimate of drug-likeness (QED) is 0.126. The molecule has 0 aliphatic rings. The van der Waals surface area contributed by atoms with Gasteiger partial charge in [0.2, 0.25) is 0 Å². The van der Waals surface area contributed by atoms with E-state index in [-0.39, 0.29) is 29.6 Å². The van der Waals surface area contributed by atoms with Crippen LogP contribution in [0.4, 0.5) is 4.79 Å². The maximum atomic E-state index is 9.59. The van der Waals surface area contributed by atoms with Crippen molar-refractivity contribution in [3.8, 4) is 0 Å². The molecule has 0 saturated carbocycles. The molecule has 5 nitrogen and oxygen atoms in total. The van der Waals surface area contributed by atoms with E-state index in [0.29, 0.717) is 0 Å². The minimum absolute atomic E-state index is 0. The van der Waals surface area contributed by atoms with Crippen molar-refractivity contribution in [2.24, 2.45) is 11.0 Å². The fraction of sp³-hybridized carbons (Fsp3) is 0. The van der Waals surface area contributed by atoms with Crippen molar-refractivity contribution in [3.05, 3.63) is 0 Å². The van der Waals surface area contributed by atoms with Gasteiger partial charge in [-0.15, -0.1) is 0 Å². The van der Waals surface area contributed by atoms with Gasteiger partial charge in [0.1, 0.15) is 0 Å². The third kappa shape index (κ3) is 6.03. The Labute approximate surface area is 62.4 Å². The third-order valence-corrected chi connectivity index (χ3v) is 0.225. The summed E-state index contributed by atoms with van der Waals surface area (Å²) >= 11 is 0. The molecule has 7 heavy (non-hydrogen) atoms. The van der Waals surface area contributed by atoms with Gasteiger partial charge in [0.15, 0.2) is 0 Å². The number of urea groups is 1. The number of amides is 2. The number of hydrogen-bond donors (Lipinski definition) is 3. The molecule has 0 unspecified atom stereocenters. The van der Waals surface area contributed by atoms with Crippen molar-refractivity contribution in [1.29, 1.82) is 5.53 Å². The van der Waals surface area contributed by atoms with Crippen LogP contribution in [-0.4, -0.2) is 35.6 Å². The zero-order valence-corrected chi connectivity index (χ0v) is 5.93. The van der Waals surface area contributed by atoms with Gasteiger partial charge in [-0.25, -0.2) is 10.6 Å². The molecule has 0 saturated heterocycles. The van der Waals surface area contributed by atoms with Crippen molar-refractivity contribution in [2.45, 2.75) is 0 Å². The van der Waals surface area contributed by atoms with Gasteiger partial charge in [-0.1, -0.05) is 5.11 Å². The van der Waals surface area contributed by atoms with Crippen LogP contribution < -0.4 is 11.3 Å². The van der Waals surface area contributed by atoms with E-state index in [4.69, 9.17) is 5.53 Å². The summed E-state index contributed by atoms with van der Waals surface area (Å²) < 4.78 is 0. The first kappa shape index (κ1) is 10.1. The predicted molar refractivity (Wildman–Crippen MR) is 23.6 cm³/mol. The number of carbonyl (C=O) groups is 1. The second kappa shape index (κ2) is 6.03. The fourth-order valence-electron chi connectivity index (χ4n) is 0.0323. The fourth-order valence-corrected chi connectivity index (χ4v) is 0.0323. The molecule has 2 amide bonds. The molecule has 0 heterocycles. The molecule has 0 spiro atoms. The van der Waals surface area contributed by atoms with E-state index in [1.807, 2.05) is 0 Å². The zero-order chi connectivity index (χ0) is 4.99. The summed E-state index contributed by atoms with van der Waals surface area (Å²) in [6, 6.07) is -0.838. The van der Waals surface area contributed by atoms with Gasteiger partial charge in [0.05, 0.1) is 0 Å². The van der Waals surface area contributed by atoms with E-state index < -0.39 is 6.03 Å². The number of nitrogens with one attached hydrogen (secondary N) is 2. The van der Waals surface area contributed by atoms with Crippen molar-refractivity contribution in [3.63, 3.8) is 0 Å². The third-order valence-electron chi connectivity index (χ3n) is 0.225. The molecule has 6 heteroatoms. The first-order valence-corrected chi connectivity index (χ1v) is 1.19.